The zero-order valence-corrected chi connectivity index (χ0v) is 10.8. The Morgan fingerprint density at radius 1 is 1.53 bits per heavy atom. The van der Waals surface area contributed by atoms with Crippen LogP contribution in [0.25, 0.3) is 0 Å². The van der Waals surface area contributed by atoms with Gasteiger partial charge in [-0.3, -0.25) is 5.10 Å². The fourth-order valence-corrected chi connectivity index (χ4v) is 2.58. The van der Waals surface area contributed by atoms with Crippen LogP contribution in [-0.2, 0) is 11.3 Å². The second-order valence-corrected chi connectivity index (χ2v) is 4.89. The maximum Gasteiger partial charge on any atom is 0.0692 e. The fourth-order valence-electron chi connectivity index (χ4n) is 2.58. The van der Waals surface area contributed by atoms with E-state index in [4.69, 9.17) is 4.74 Å². The van der Waals surface area contributed by atoms with Crippen molar-refractivity contribution in [1.82, 2.24) is 15.5 Å². The van der Waals surface area contributed by atoms with Crippen LogP contribution in [0, 0.1) is 0 Å². The van der Waals surface area contributed by atoms with E-state index in [1.165, 1.54) is 0 Å². The molecular formula is C13H23N3O. The molecule has 0 saturated carbocycles. The third kappa shape index (κ3) is 3.07. The summed E-state index contributed by atoms with van der Waals surface area (Å²) < 4.78 is 5.97. The van der Waals surface area contributed by atoms with Crippen LogP contribution >= 0.6 is 0 Å². The number of nitrogens with zero attached hydrogens (tertiary/aromatic N) is 1. The van der Waals surface area contributed by atoms with Crippen LogP contribution in [0.5, 0.6) is 0 Å². The molecule has 4 heteroatoms. The first kappa shape index (κ1) is 12.6. The van der Waals surface area contributed by atoms with Gasteiger partial charge in [0, 0.05) is 31.1 Å². The third-order valence-corrected chi connectivity index (χ3v) is 3.92. The molecule has 2 N–H and O–H groups in total. The molecule has 1 aliphatic heterocycles. The smallest absolute Gasteiger partial charge is 0.0692 e. The van der Waals surface area contributed by atoms with Crippen molar-refractivity contribution in [3.63, 3.8) is 0 Å². The van der Waals surface area contributed by atoms with Crippen molar-refractivity contribution >= 4 is 0 Å². The Bertz CT molecular complexity index is 319. The molecule has 2 heterocycles. The molecule has 17 heavy (non-hydrogen) atoms. The molecule has 0 aromatic carbocycles. The molecule has 1 aromatic heterocycles. The third-order valence-electron chi connectivity index (χ3n) is 3.92. The lowest BCUT2D eigenvalue weighted by atomic mass is 9.86. The predicted octanol–water partition coefficient (Wildman–Crippen LogP) is 2.24. The van der Waals surface area contributed by atoms with Crippen LogP contribution in [0.2, 0.25) is 0 Å². The van der Waals surface area contributed by atoms with Gasteiger partial charge in [-0.2, -0.15) is 5.10 Å². The van der Waals surface area contributed by atoms with Gasteiger partial charge in [-0.15, -0.1) is 0 Å². The van der Waals surface area contributed by atoms with Gasteiger partial charge in [0.2, 0.25) is 0 Å². The van der Waals surface area contributed by atoms with E-state index in [0.29, 0.717) is 6.04 Å². The summed E-state index contributed by atoms with van der Waals surface area (Å²) in [5.74, 6) is 0. The molecule has 0 aliphatic carbocycles. The van der Waals surface area contributed by atoms with Crippen molar-refractivity contribution < 1.29 is 4.74 Å². The van der Waals surface area contributed by atoms with E-state index >= 15 is 0 Å². The lowest BCUT2D eigenvalue weighted by molar-refractivity contribution is -0.0932. The average molecular weight is 237 g/mol. The van der Waals surface area contributed by atoms with E-state index < -0.39 is 0 Å². The van der Waals surface area contributed by atoms with Crippen molar-refractivity contribution in [2.45, 2.75) is 57.7 Å². The van der Waals surface area contributed by atoms with Crippen LogP contribution in [0.3, 0.4) is 0 Å². The number of aromatic amines is 1. The lowest BCUT2D eigenvalue weighted by Crippen LogP contribution is -2.46. The van der Waals surface area contributed by atoms with Gasteiger partial charge in [0.1, 0.15) is 0 Å². The molecule has 0 spiro atoms. The Balaban J connectivity index is 1.85. The highest BCUT2D eigenvalue weighted by Crippen LogP contribution is 2.31. The first-order valence-electron chi connectivity index (χ1n) is 6.63. The zero-order chi connectivity index (χ0) is 12.1. The van der Waals surface area contributed by atoms with Crippen molar-refractivity contribution in [2.24, 2.45) is 0 Å². The standard InChI is InChI=1S/C13H23N3O/c1-3-13(4-2)9-11(6-8-17-13)14-10-12-5-7-15-16-12/h5,7,11,14H,3-4,6,8-10H2,1-2H3,(H,15,16). The molecule has 1 aromatic rings. The Kier molecular flexibility index (Phi) is 4.18. The molecule has 1 saturated heterocycles. The Hall–Kier alpha value is -0.870. The SMILES string of the molecule is CCC1(CC)CC(NCc2ccn[nH]2)CCO1. The number of H-pyrrole nitrogens is 1. The van der Waals surface area contributed by atoms with E-state index in [9.17, 15) is 0 Å². The maximum atomic E-state index is 5.97. The first-order valence-corrected chi connectivity index (χ1v) is 6.63. The van der Waals surface area contributed by atoms with E-state index in [-0.39, 0.29) is 5.60 Å². The van der Waals surface area contributed by atoms with E-state index in [1.54, 1.807) is 6.20 Å². The van der Waals surface area contributed by atoms with E-state index in [1.807, 2.05) is 6.07 Å². The van der Waals surface area contributed by atoms with E-state index in [2.05, 4.69) is 29.4 Å². The average Bonchev–Trinajstić information content (AvgIpc) is 2.90. The Morgan fingerprint density at radius 3 is 3.00 bits per heavy atom. The topological polar surface area (TPSA) is 49.9 Å². The first-order chi connectivity index (χ1) is 8.28. The van der Waals surface area contributed by atoms with Gasteiger partial charge in [-0.1, -0.05) is 13.8 Å². The molecule has 1 atom stereocenters. The highest BCUT2D eigenvalue weighted by atomic mass is 16.5. The molecule has 1 aliphatic rings. The minimum Gasteiger partial charge on any atom is -0.375 e. The number of ether oxygens (including phenoxy) is 1. The van der Waals surface area contributed by atoms with Crippen LogP contribution in [0.15, 0.2) is 12.3 Å². The molecule has 2 rings (SSSR count). The maximum absolute atomic E-state index is 5.97. The molecule has 96 valence electrons. The number of nitrogens with one attached hydrogen (secondary N) is 2. The monoisotopic (exact) mass is 237 g/mol. The number of aromatic nitrogens is 2. The van der Waals surface area contributed by atoms with Crippen LogP contribution in [0.1, 0.15) is 45.2 Å². The highest BCUT2D eigenvalue weighted by Gasteiger charge is 2.34. The molecule has 0 amide bonds. The van der Waals surface area contributed by atoms with Gasteiger partial charge in [0.15, 0.2) is 0 Å². The molecule has 0 radical (unpaired) electrons. The zero-order valence-electron chi connectivity index (χ0n) is 10.8. The number of hydrogen-bond donors (Lipinski definition) is 2. The van der Waals surface area contributed by atoms with Crippen LogP contribution in [-0.4, -0.2) is 28.4 Å². The second-order valence-electron chi connectivity index (χ2n) is 4.89. The molecule has 0 bridgehead atoms. The van der Waals surface area contributed by atoms with Crippen LogP contribution < -0.4 is 5.32 Å². The fraction of sp³-hybridized carbons (Fsp3) is 0.769. The van der Waals surface area contributed by atoms with Crippen molar-refractivity contribution in [2.75, 3.05) is 6.61 Å². The lowest BCUT2D eigenvalue weighted by Gasteiger charge is -2.40. The summed E-state index contributed by atoms with van der Waals surface area (Å²) in [6.45, 7) is 6.19. The largest absolute Gasteiger partial charge is 0.375 e. The number of hydrogen-bond acceptors (Lipinski definition) is 3. The van der Waals surface area contributed by atoms with Gasteiger partial charge in [-0.25, -0.2) is 0 Å². The molecule has 4 nitrogen and oxygen atoms in total. The van der Waals surface area contributed by atoms with Crippen LogP contribution in [0.4, 0.5) is 0 Å². The summed E-state index contributed by atoms with van der Waals surface area (Å²) in [6, 6.07) is 2.58. The normalized spacial score (nSPS) is 23.8. The molecule has 1 fully saturated rings. The summed E-state index contributed by atoms with van der Waals surface area (Å²) in [5.41, 5.74) is 1.25. The van der Waals surface area contributed by atoms with E-state index in [0.717, 1.165) is 44.5 Å². The van der Waals surface area contributed by atoms with Gasteiger partial charge in [0.05, 0.1) is 5.60 Å². The Morgan fingerprint density at radius 2 is 2.35 bits per heavy atom. The van der Waals surface area contributed by atoms with Crippen molar-refractivity contribution in [1.29, 1.82) is 0 Å². The van der Waals surface area contributed by atoms with Crippen molar-refractivity contribution in [3.05, 3.63) is 18.0 Å². The quantitative estimate of drug-likeness (QED) is 0.825. The van der Waals surface area contributed by atoms with Gasteiger partial charge in [0.25, 0.3) is 0 Å². The summed E-state index contributed by atoms with van der Waals surface area (Å²) >= 11 is 0. The highest BCUT2D eigenvalue weighted by molar-refractivity contribution is 4.98. The Labute approximate surface area is 103 Å². The minimum atomic E-state index is 0.101. The molecular weight excluding hydrogens is 214 g/mol. The van der Waals surface area contributed by atoms with Gasteiger partial charge >= 0.3 is 0 Å². The van der Waals surface area contributed by atoms with Gasteiger partial charge < -0.3 is 10.1 Å². The summed E-state index contributed by atoms with van der Waals surface area (Å²) in [5, 5.41) is 10.5. The summed E-state index contributed by atoms with van der Waals surface area (Å²) in [4.78, 5) is 0. The summed E-state index contributed by atoms with van der Waals surface area (Å²) in [6.07, 6.45) is 6.23. The van der Waals surface area contributed by atoms with Crippen molar-refractivity contribution in [3.8, 4) is 0 Å². The van der Waals surface area contributed by atoms with Gasteiger partial charge in [-0.05, 0) is 31.7 Å². The predicted molar refractivity (Wildman–Crippen MR) is 67.7 cm³/mol. The minimum absolute atomic E-state index is 0.101. The second kappa shape index (κ2) is 5.65. The number of rotatable bonds is 5. The summed E-state index contributed by atoms with van der Waals surface area (Å²) in [7, 11) is 0. The molecule has 1 unspecified atom stereocenters.